The number of nitrogens with zero attached hydrogens (tertiary/aromatic N) is 4. The molecule has 21 heavy (non-hydrogen) atoms. The van der Waals surface area contributed by atoms with Crippen LogP contribution in [0.15, 0.2) is 30.5 Å². The molecular formula is C15H21N5O. The molecule has 0 aliphatic carbocycles. The van der Waals surface area contributed by atoms with Crippen molar-refractivity contribution in [2.75, 3.05) is 29.9 Å². The van der Waals surface area contributed by atoms with Gasteiger partial charge in [-0.2, -0.15) is 0 Å². The summed E-state index contributed by atoms with van der Waals surface area (Å²) in [5, 5.41) is 20.3. The first-order valence-electron chi connectivity index (χ1n) is 7.44. The van der Waals surface area contributed by atoms with Crippen molar-refractivity contribution in [3.05, 3.63) is 36.2 Å². The number of hydrogen-bond donors (Lipinski definition) is 2. The molecule has 0 bridgehead atoms. The van der Waals surface area contributed by atoms with Crippen LogP contribution >= 0.6 is 0 Å². The molecule has 1 aliphatic heterocycles. The van der Waals surface area contributed by atoms with Crippen LogP contribution in [0.4, 0.5) is 11.4 Å². The Morgan fingerprint density at radius 1 is 1.24 bits per heavy atom. The van der Waals surface area contributed by atoms with Crippen LogP contribution in [0.5, 0.6) is 0 Å². The number of nitrogens with one attached hydrogen (secondary N) is 1. The van der Waals surface area contributed by atoms with Crippen LogP contribution in [-0.2, 0) is 13.1 Å². The summed E-state index contributed by atoms with van der Waals surface area (Å²) in [5.41, 5.74) is 3.24. The molecule has 0 saturated carbocycles. The van der Waals surface area contributed by atoms with E-state index in [1.807, 2.05) is 6.20 Å². The van der Waals surface area contributed by atoms with E-state index >= 15 is 0 Å². The fraction of sp³-hybridized carbons (Fsp3) is 0.467. The number of aromatic nitrogens is 3. The van der Waals surface area contributed by atoms with Crippen molar-refractivity contribution in [2.45, 2.75) is 25.9 Å². The maximum Gasteiger partial charge on any atom is 0.102 e. The second-order valence-corrected chi connectivity index (χ2v) is 5.29. The summed E-state index contributed by atoms with van der Waals surface area (Å²) >= 11 is 0. The second kappa shape index (κ2) is 6.58. The lowest BCUT2D eigenvalue weighted by molar-refractivity contribution is 0.268. The Morgan fingerprint density at radius 2 is 2.10 bits per heavy atom. The van der Waals surface area contributed by atoms with Gasteiger partial charge in [-0.3, -0.25) is 0 Å². The maximum absolute atomic E-state index is 8.86. The van der Waals surface area contributed by atoms with Crippen LogP contribution in [0.2, 0.25) is 0 Å². The summed E-state index contributed by atoms with van der Waals surface area (Å²) in [5.74, 6) is 0. The molecule has 6 nitrogen and oxygen atoms in total. The smallest absolute Gasteiger partial charge is 0.102 e. The monoisotopic (exact) mass is 287 g/mol. The predicted octanol–water partition coefficient (Wildman–Crippen LogP) is 1.48. The van der Waals surface area contributed by atoms with Gasteiger partial charge in [-0.15, -0.1) is 5.10 Å². The lowest BCUT2D eigenvalue weighted by Crippen LogP contribution is -2.17. The molecule has 1 saturated heterocycles. The van der Waals surface area contributed by atoms with E-state index in [1.165, 1.54) is 18.5 Å². The Labute approximate surface area is 124 Å². The van der Waals surface area contributed by atoms with Crippen LogP contribution in [0.25, 0.3) is 0 Å². The molecule has 1 fully saturated rings. The third kappa shape index (κ3) is 3.52. The Kier molecular flexibility index (Phi) is 4.35. The van der Waals surface area contributed by atoms with Gasteiger partial charge in [0.2, 0.25) is 0 Å². The third-order valence-corrected chi connectivity index (χ3v) is 3.71. The van der Waals surface area contributed by atoms with Crippen LogP contribution in [0, 0.1) is 0 Å². The predicted molar refractivity (Wildman–Crippen MR) is 82.3 cm³/mol. The minimum atomic E-state index is 0.0775. The minimum Gasteiger partial charge on any atom is -0.394 e. The average molecular weight is 287 g/mol. The summed E-state index contributed by atoms with van der Waals surface area (Å²) in [4.78, 5) is 2.42. The van der Waals surface area contributed by atoms with E-state index in [1.54, 1.807) is 4.68 Å². The molecule has 6 heteroatoms. The Hall–Kier alpha value is -2.08. The molecule has 0 radical (unpaired) electrons. The summed E-state index contributed by atoms with van der Waals surface area (Å²) in [6.07, 6.45) is 4.42. The van der Waals surface area contributed by atoms with Gasteiger partial charge in [0.1, 0.15) is 5.69 Å². The van der Waals surface area contributed by atoms with Gasteiger partial charge in [-0.25, -0.2) is 4.68 Å². The highest BCUT2D eigenvalue weighted by Crippen LogP contribution is 2.23. The van der Waals surface area contributed by atoms with Crippen LogP contribution in [-0.4, -0.2) is 39.8 Å². The minimum absolute atomic E-state index is 0.0775. The van der Waals surface area contributed by atoms with E-state index in [9.17, 15) is 0 Å². The topological polar surface area (TPSA) is 66.2 Å². The van der Waals surface area contributed by atoms with Crippen molar-refractivity contribution in [1.29, 1.82) is 0 Å². The number of benzene rings is 1. The summed E-state index contributed by atoms with van der Waals surface area (Å²) < 4.78 is 1.65. The van der Waals surface area contributed by atoms with Crippen LogP contribution in [0.1, 0.15) is 18.5 Å². The first-order valence-corrected chi connectivity index (χ1v) is 7.44. The number of aliphatic hydroxyl groups excluding tert-OH is 1. The highest BCUT2D eigenvalue weighted by Gasteiger charge is 2.12. The number of anilines is 2. The molecule has 0 atom stereocenters. The number of rotatable bonds is 6. The molecule has 0 spiro atoms. The highest BCUT2D eigenvalue weighted by atomic mass is 16.3. The number of aliphatic hydroxyl groups is 1. The van der Waals surface area contributed by atoms with Crippen molar-refractivity contribution < 1.29 is 5.11 Å². The van der Waals surface area contributed by atoms with Crippen molar-refractivity contribution in [3.63, 3.8) is 0 Å². The molecule has 2 N–H and O–H groups in total. The summed E-state index contributed by atoms with van der Waals surface area (Å²) in [6.45, 7) is 3.50. The van der Waals surface area contributed by atoms with E-state index in [0.717, 1.165) is 24.5 Å². The summed E-state index contributed by atoms with van der Waals surface area (Å²) in [6, 6.07) is 8.49. The Bertz CT molecular complexity index is 577. The SMILES string of the molecule is OCCn1cc(CNc2cccc(N3CCCC3)c2)nn1. The van der Waals surface area contributed by atoms with Gasteiger partial charge in [-0.05, 0) is 31.0 Å². The fourth-order valence-electron chi connectivity index (χ4n) is 2.61. The van der Waals surface area contributed by atoms with E-state index in [2.05, 4.69) is 44.8 Å². The molecule has 2 aromatic rings. The first-order chi connectivity index (χ1) is 10.3. The van der Waals surface area contributed by atoms with Crippen molar-refractivity contribution >= 4 is 11.4 Å². The zero-order valence-corrected chi connectivity index (χ0v) is 12.1. The molecule has 0 amide bonds. The number of hydrogen-bond acceptors (Lipinski definition) is 5. The van der Waals surface area contributed by atoms with Gasteiger partial charge in [0, 0.05) is 24.5 Å². The fourth-order valence-corrected chi connectivity index (χ4v) is 2.61. The van der Waals surface area contributed by atoms with Crippen molar-refractivity contribution in [1.82, 2.24) is 15.0 Å². The highest BCUT2D eigenvalue weighted by molar-refractivity contribution is 5.58. The molecule has 1 aromatic heterocycles. The Morgan fingerprint density at radius 3 is 2.90 bits per heavy atom. The lowest BCUT2D eigenvalue weighted by atomic mass is 10.2. The lowest BCUT2D eigenvalue weighted by Gasteiger charge is -2.18. The zero-order chi connectivity index (χ0) is 14.5. The molecule has 112 valence electrons. The van der Waals surface area contributed by atoms with Crippen LogP contribution < -0.4 is 10.2 Å². The van der Waals surface area contributed by atoms with Crippen molar-refractivity contribution in [2.24, 2.45) is 0 Å². The summed E-state index contributed by atoms with van der Waals surface area (Å²) in [7, 11) is 0. The van der Waals surface area contributed by atoms with E-state index in [0.29, 0.717) is 13.1 Å². The van der Waals surface area contributed by atoms with Crippen molar-refractivity contribution in [3.8, 4) is 0 Å². The van der Waals surface area contributed by atoms with E-state index in [-0.39, 0.29) is 6.61 Å². The van der Waals surface area contributed by atoms with Gasteiger partial charge >= 0.3 is 0 Å². The van der Waals surface area contributed by atoms with Gasteiger partial charge in [0.25, 0.3) is 0 Å². The normalized spacial score (nSPS) is 14.6. The quantitative estimate of drug-likeness (QED) is 0.842. The molecule has 3 rings (SSSR count). The largest absolute Gasteiger partial charge is 0.394 e. The van der Waals surface area contributed by atoms with E-state index < -0.39 is 0 Å². The standard InChI is InChI=1S/C15H21N5O/c21-9-8-20-12-14(17-18-20)11-16-13-4-3-5-15(10-13)19-6-1-2-7-19/h3-5,10,12,16,21H,1-2,6-9,11H2. The van der Waals surface area contributed by atoms with E-state index in [4.69, 9.17) is 5.11 Å². The molecule has 1 aromatic carbocycles. The Balaban J connectivity index is 1.60. The first kappa shape index (κ1) is 13.9. The average Bonchev–Trinajstić information content (AvgIpc) is 3.18. The van der Waals surface area contributed by atoms with Crippen LogP contribution in [0.3, 0.4) is 0 Å². The van der Waals surface area contributed by atoms with Gasteiger partial charge in [0.15, 0.2) is 0 Å². The third-order valence-electron chi connectivity index (χ3n) is 3.71. The molecule has 1 aliphatic rings. The molecule has 2 heterocycles. The van der Waals surface area contributed by atoms with Gasteiger partial charge in [-0.1, -0.05) is 11.3 Å². The van der Waals surface area contributed by atoms with Gasteiger partial charge in [0.05, 0.1) is 25.9 Å². The zero-order valence-electron chi connectivity index (χ0n) is 12.1. The molecule has 0 unspecified atom stereocenters. The van der Waals surface area contributed by atoms with Gasteiger partial charge < -0.3 is 15.3 Å². The second-order valence-electron chi connectivity index (χ2n) is 5.29. The molecular weight excluding hydrogens is 266 g/mol. The maximum atomic E-state index is 8.86.